The molecule has 8 heteroatoms. The number of aromatic nitrogens is 1. The summed E-state index contributed by atoms with van der Waals surface area (Å²) in [5.74, 6) is -1.85. The van der Waals surface area contributed by atoms with Crippen LogP contribution in [-0.4, -0.2) is 4.98 Å². The Morgan fingerprint density at radius 1 is 1.27 bits per heavy atom. The Morgan fingerprint density at radius 2 is 1.80 bits per heavy atom. The largest absolute Gasteiger partial charge is 0.419 e. The fourth-order valence-electron chi connectivity index (χ4n) is 0.835. The van der Waals surface area contributed by atoms with Crippen molar-refractivity contribution in [3.63, 3.8) is 0 Å². The minimum absolute atomic E-state index is 0.0636. The van der Waals surface area contributed by atoms with Crippen LogP contribution in [-0.2, 0) is 6.18 Å². The van der Waals surface area contributed by atoms with Crippen LogP contribution in [0.15, 0.2) is 6.07 Å². The minimum atomic E-state index is -5.08. The van der Waals surface area contributed by atoms with Gasteiger partial charge in [-0.3, -0.25) is 0 Å². The van der Waals surface area contributed by atoms with E-state index < -0.39 is 34.8 Å². The van der Waals surface area contributed by atoms with Crippen LogP contribution in [0.2, 0.25) is 5.15 Å². The molecule has 1 nitrogen and oxygen atoms in total. The first-order chi connectivity index (χ1) is 6.73. The lowest BCUT2D eigenvalue weighted by molar-refractivity contribution is -0.140. The van der Waals surface area contributed by atoms with Crippen molar-refractivity contribution in [3.8, 4) is 0 Å². The van der Waals surface area contributed by atoms with Crippen molar-refractivity contribution < 1.29 is 26.3 Å². The summed E-state index contributed by atoms with van der Waals surface area (Å²) in [5, 5.41) is -1.22. The van der Waals surface area contributed by atoms with Gasteiger partial charge in [-0.05, 0) is 6.07 Å². The number of nitrogens with zero attached hydrogens (tertiary/aromatic N) is 1. The third kappa shape index (κ3) is 2.53. The fourth-order valence-corrected chi connectivity index (χ4v) is 1.03. The van der Waals surface area contributed by atoms with Crippen molar-refractivity contribution in [3.05, 3.63) is 28.3 Å². The van der Waals surface area contributed by atoms with Crippen molar-refractivity contribution in [2.75, 3.05) is 0 Å². The Hall–Kier alpha value is -0.980. The summed E-state index contributed by atoms with van der Waals surface area (Å²) in [6.45, 7) is 0. The van der Waals surface area contributed by atoms with E-state index in [1.165, 1.54) is 0 Å². The van der Waals surface area contributed by atoms with Crippen LogP contribution in [0.3, 0.4) is 0 Å². The van der Waals surface area contributed by atoms with Crippen LogP contribution in [0.1, 0.15) is 17.7 Å². The molecule has 0 unspecified atom stereocenters. The lowest BCUT2D eigenvalue weighted by Crippen LogP contribution is -2.11. The van der Waals surface area contributed by atoms with Gasteiger partial charge in [0.2, 0.25) is 0 Å². The van der Waals surface area contributed by atoms with Crippen molar-refractivity contribution in [2.24, 2.45) is 0 Å². The van der Waals surface area contributed by atoms with Crippen LogP contribution in [0.4, 0.5) is 26.3 Å². The Kier molecular flexibility index (Phi) is 3.13. The molecule has 0 radical (unpaired) electrons. The first-order valence-corrected chi connectivity index (χ1v) is 3.82. The number of hydrogen-bond donors (Lipinski definition) is 0. The molecular weight excluding hydrogens is 248 g/mol. The highest BCUT2D eigenvalue weighted by atomic mass is 35.5. The van der Waals surface area contributed by atoms with Crippen molar-refractivity contribution >= 4 is 11.6 Å². The van der Waals surface area contributed by atoms with Gasteiger partial charge in [-0.25, -0.2) is 18.2 Å². The van der Waals surface area contributed by atoms with E-state index in [0.717, 1.165) is 0 Å². The van der Waals surface area contributed by atoms with E-state index in [-0.39, 0.29) is 6.07 Å². The predicted molar refractivity (Wildman–Crippen MR) is 39.2 cm³/mol. The molecule has 1 rings (SSSR count). The van der Waals surface area contributed by atoms with Gasteiger partial charge in [0.1, 0.15) is 5.69 Å². The molecule has 0 saturated carbocycles. The normalized spacial score (nSPS) is 12.3. The average Bonchev–Trinajstić information content (AvgIpc) is 2.06. The zero-order valence-corrected chi connectivity index (χ0v) is 7.50. The van der Waals surface area contributed by atoms with Gasteiger partial charge in [-0.2, -0.15) is 13.2 Å². The molecule has 0 saturated heterocycles. The van der Waals surface area contributed by atoms with Gasteiger partial charge in [-0.1, -0.05) is 11.6 Å². The third-order valence-corrected chi connectivity index (χ3v) is 1.72. The Balaban J connectivity index is 3.38. The van der Waals surface area contributed by atoms with Gasteiger partial charge in [0.05, 0.1) is 5.56 Å². The molecule has 1 heterocycles. The average molecular weight is 250 g/mol. The van der Waals surface area contributed by atoms with Gasteiger partial charge in [0.15, 0.2) is 11.0 Å². The van der Waals surface area contributed by atoms with E-state index in [1.54, 1.807) is 0 Å². The van der Waals surface area contributed by atoms with E-state index in [0.29, 0.717) is 0 Å². The highest BCUT2D eigenvalue weighted by Crippen LogP contribution is 2.35. The molecule has 0 fully saturated rings. The first-order valence-electron chi connectivity index (χ1n) is 3.44. The maximum absolute atomic E-state index is 12.8. The summed E-state index contributed by atoms with van der Waals surface area (Å²) in [6.07, 6.45) is -8.33. The first kappa shape index (κ1) is 12.1. The molecule has 0 atom stereocenters. The van der Waals surface area contributed by atoms with Crippen molar-refractivity contribution in [2.45, 2.75) is 12.6 Å². The van der Waals surface area contributed by atoms with Gasteiger partial charge >= 0.3 is 6.18 Å². The Labute approximate surface area is 84.7 Å². The van der Waals surface area contributed by atoms with Gasteiger partial charge < -0.3 is 0 Å². The maximum atomic E-state index is 12.8. The molecule has 0 aliphatic carbocycles. The summed E-state index contributed by atoms with van der Waals surface area (Å²) >= 11 is 4.95. The summed E-state index contributed by atoms with van der Waals surface area (Å²) in [5.41, 5.74) is -3.06. The van der Waals surface area contributed by atoms with Crippen LogP contribution in [0, 0.1) is 5.82 Å². The molecule has 1 aromatic rings. The molecule has 15 heavy (non-hydrogen) atoms. The van der Waals surface area contributed by atoms with Gasteiger partial charge in [0, 0.05) is 0 Å². The fraction of sp³-hybridized carbons (Fsp3) is 0.286. The second-order valence-electron chi connectivity index (χ2n) is 2.50. The lowest BCUT2D eigenvalue weighted by Gasteiger charge is -2.10. The van der Waals surface area contributed by atoms with Gasteiger partial charge in [-0.15, -0.1) is 0 Å². The summed E-state index contributed by atoms with van der Waals surface area (Å²) in [6, 6.07) is -0.0636. The Bertz CT molecular complexity index is 374. The molecule has 0 aromatic carbocycles. The number of alkyl halides is 5. The predicted octanol–water partition coefficient (Wildman–Crippen LogP) is 3.83. The van der Waals surface area contributed by atoms with E-state index in [1.807, 2.05) is 0 Å². The van der Waals surface area contributed by atoms with Crippen LogP contribution < -0.4 is 0 Å². The molecule has 1 aromatic heterocycles. The molecule has 0 aliphatic heterocycles. The van der Waals surface area contributed by atoms with Crippen LogP contribution in [0.25, 0.3) is 0 Å². The monoisotopic (exact) mass is 249 g/mol. The molecular formula is C7H2ClF6N. The molecule has 0 N–H and O–H groups in total. The smallest absolute Gasteiger partial charge is 0.232 e. The lowest BCUT2D eigenvalue weighted by atomic mass is 10.2. The molecule has 0 spiro atoms. The van der Waals surface area contributed by atoms with E-state index in [9.17, 15) is 26.3 Å². The second kappa shape index (κ2) is 3.88. The molecule has 0 amide bonds. The van der Waals surface area contributed by atoms with Crippen LogP contribution in [0.5, 0.6) is 0 Å². The maximum Gasteiger partial charge on any atom is 0.419 e. The summed E-state index contributed by atoms with van der Waals surface area (Å²) in [4.78, 5) is 2.79. The zero-order chi connectivity index (χ0) is 11.8. The molecule has 0 aliphatic rings. The summed E-state index contributed by atoms with van der Waals surface area (Å²) < 4.78 is 73.2. The van der Waals surface area contributed by atoms with Gasteiger partial charge in [0.25, 0.3) is 6.43 Å². The van der Waals surface area contributed by atoms with Crippen molar-refractivity contribution in [1.82, 2.24) is 4.98 Å². The highest BCUT2D eigenvalue weighted by Gasteiger charge is 2.36. The van der Waals surface area contributed by atoms with E-state index in [4.69, 9.17) is 11.6 Å². The standard InChI is InChI=1S/C7H2ClF6N/c8-5-4(9)2(7(12,13)14)1-3(15-5)6(10)11/h1,6H. The highest BCUT2D eigenvalue weighted by molar-refractivity contribution is 6.29. The SMILES string of the molecule is Fc1c(C(F)(F)F)cc(C(F)F)nc1Cl. The number of rotatable bonds is 1. The Morgan fingerprint density at radius 3 is 2.20 bits per heavy atom. The zero-order valence-electron chi connectivity index (χ0n) is 6.75. The third-order valence-electron chi connectivity index (χ3n) is 1.47. The summed E-state index contributed by atoms with van der Waals surface area (Å²) in [7, 11) is 0. The number of hydrogen-bond acceptors (Lipinski definition) is 1. The minimum Gasteiger partial charge on any atom is -0.232 e. The molecule has 84 valence electrons. The number of pyridine rings is 1. The number of halogens is 7. The van der Waals surface area contributed by atoms with E-state index >= 15 is 0 Å². The topological polar surface area (TPSA) is 12.9 Å². The van der Waals surface area contributed by atoms with E-state index in [2.05, 4.69) is 4.98 Å². The van der Waals surface area contributed by atoms with Crippen LogP contribution >= 0.6 is 11.6 Å². The molecule has 0 bridgehead atoms. The second-order valence-corrected chi connectivity index (χ2v) is 2.86. The van der Waals surface area contributed by atoms with Crippen molar-refractivity contribution in [1.29, 1.82) is 0 Å². The quantitative estimate of drug-likeness (QED) is 0.544.